The second-order valence-electron chi connectivity index (χ2n) is 5.21. The van der Waals surface area contributed by atoms with E-state index in [-0.39, 0.29) is 0 Å². The molecule has 0 bridgehead atoms. The molecule has 2 aromatic rings. The van der Waals surface area contributed by atoms with Crippen LogP contribution in [0.15, 0.2) is 30.6 Å². The summed E-state index contributed by atoms with van der Waals surface area (Å²) in [5.41, 5.74) is 0.862. The van der Waals surface area contributed by atoms with Crippen molar-refractivity contribution < 1.29 is 9.47 Å². The minimum absolute atomic E-state index is 0.663. The Hall–Kier alpha value is -2.54. The van der Waals surface area contributed by atoms with Gasteiger partial charge in [0.2, 0.25) is 0 Å². The number of benzene rings is 1. The molecule has 0 atom stereocenters. The zero-order valence-electron chi connectivity index (χ0n) is 14.0. The molecule has 7 heteroatoms. The fourth-order valence-corrected chi connectivity index (χ4v) is 1.99. The van der Waals surface area contributed by atoms with Crippen molar-refractivity contribution in [2.75, 3.05) is 52.0 Å². The maximum Gasteiger partial charge on any atom is 0.162 e. The lowest BCUT2D eigenvalue weighted by Crippen LogP contribution is -2.21. The van der Waals surface area contributed by atoms with Crippen LogP contribution in [-0.4, -0.2) is 56.3 Å². The summed E-state index contributed by atoms with van der Waals surface area (Å²) in [6.45, 7) is 1.75. The zero-order valence-corrected chi connectivity index (χ0v) is 14.0. The Morgan fingerprint density at radius 1 is 1.00 bits per heavy atom. The molecule has 0 aliphatic carbocycles. The van der Waals surface area contributed by atoms with Gasteiger partial charge in [0.15, 0.2) is 11.5 Å². The monoisotopic (exact) mass is 317 g/mol. The maximum atomic E-state index is 5.30. The van der Waals surface area contributed by atoms with E-state index < -0.39 is 0 Å². The van der Waals surface area contributed by atoms with Gasteiger partial charge in [-0.3, -0.25) is 0 Å². The minimum atomic E-state index is 0.663. The predicted octanol–water partition coefficient (Wildman–Crippen LogP) is 2.21. The van der Waals surface area contributed by atoms with E-state index >= 15 is 0 Å². The lowest BCUT2D eigenvalue weighted by Gasteiger charge is -2.12. The number of rotatable bonds is 8. The topological polar surface area (TPSA) is 71.5 Å². The molecular formula is C16H23N5O2. The highest BCUT2D eigenvalue weighted by Gasteiger charge is 2.06. The summed E-state index contributed by atoms with van der Waals surface area (Å²) in [7, 11) is 7.29. The lowest BCUT2D eigenvalue weighted by atomic mass is 10.2. The first-order valence-electron chi connectivity index (χ1n) is 7.32. The van der Waals surface area contributed by atoms with Crippen LogP contribution in [0.2, 0.25) is 0 Å². The number of nitrogens with one attached hydrogen (secondary N) is 2. The average Bonchev–Trinajstić information content (AvgIpc) is 2.54. The molecule has 1 heterocycles. The van der Waals surface area contributed by atoms with Gasteiger partial charge in [-0.15, -0.1) is 0 Å². The minimum Gasteiger partial charge on any atom is -0.493 e. The molecule has 1 aromatic heterocycles. The van der Waals surface area contributed by atoms with Crippen LogP contribution >= 0.6 is 0 Å². The summed E-state index contributed by atoms with van der Waals surface area (Å²) in [4.78, 5) is 10.6. The number of likely N-dealkylation sites (N-methyl/N-ethyl adjacent to an activating group) is 1. The number of methoxy groups -OCH3 is 2. The molecule has 2 rings (SSSR count). The quantitative estimate of drug-likeness (QED) is 0.773. The average molecular weight is 317 g/mol. The molecule has 23 heavy (non-hydrogen) atoms. The standard InChI is InChI=1S/C16H23N5O2/c1-21(2)8-7-17-15-10-16(19-11-18-15)20-12-5-6-13(22-3)14(9-12)23-4/h5-6,9-11H,7-8H2,1-4H3,(H2,17,18,19,20). The third-order valence-corrected chi connectivity index (χ3v) is 3.19. The van der Waals surface area contributed by atoms with E-state index in [0.29, 0.717) is 17.3 Å². The normalized spacial score (nSPS) is 10.5. The van der Waals surface area contributed by atoms with Crippen molar-refractivity contribution >= 4 is 17.3 Å². The highest BCUT2D eigenvalue weighted by atomic mass is 16.5. The summed E-state index contributed by atoms with van der Waals surface area (Å²) in [6, 6.07) is 7.48. The van der Waals surface area contributed by atoms with Crippen LogP contribution in [0.5, 0.6) is 11.5 Å². The van der Waals surface area contributed by atoms with Crippen molar-refractivity contribution in [1.82, 2.24) is 14.9 Å². The van der Waals surface area contributed by atoms with Crippen molar-refractivity contribution in [3.05, 3.63) is 30.6 Å². The molecule has 0 aliphatic rings. The molecule has 0 unspecified atom stereocenters. The number of ether oxygens (including phenoxy) is 2. The first kappa shape index (κ1) is 16.8. The van der Waals surface area contributed by atoms with Crippen molar-refractivity contribution in [2.24, 2.45) is 0 Å². The van der Waals surface area contributed by atoms with Gasteiger partial charge in [-0.2, -0.15) is 0 Å². The number of anilines is 3. The molecule has 0 saturated carbocycles. The van der Waals surface area contributed by atoms with Gasteiger partial charge in [0.25, 0.3) is 0 Å². The summed E-state index contributed by atoms with van der Waals surface area (Å²) < 4.78 is 10.5. The zero-order chi connectivity index (χ0) is 16.7. The van der Waals surface area contributed by atoms with Crippen LogP contribution in [0.4, 0.5) is 17.3 Å². The number of nitrogens with zero attached hydrogens (tertiary/aromatic N) is 3. The molecule has 7 nitrogen and oxygen atoms in total. The van der Waals surface area contributed by atoms with Gasteiger partial charge in [0.05, 0.1) is 14.2 Å². The van der Waals surface area contributed by atoms with Gasteiger partial charge >= 0.3 is 0 Å². The van der Waals surface area contributed by atoms with Crippen molar-refractivity contribution in [1.29, 1.82) is 0 Å². The second-order valence-corrected chi connectivity index (χ2v) is 5.21. The van der Waals surface area contributed by atoms with E-state index in [4.69, 9.17) is 9.47 Å². The van der Waals surface area contributed by atoms with Gasteiger partial charge in [-0.25, -0.2) is 9.97 Å². The Labute approximate surface area is 136 Å². The van der Waals surface area contributed by atoms with E-state index in [0.717, 1.165) is 24.6 Å². The largest absolute Gasteiger partial charge is 0.493 e. The molecule has 2 N–H and O–H groups in total. The molecule has 0 saturated heterocycles. The van der Waals surface area contributed by atoms with Crippen molar-refractivity contribution in [3.63, 3.8) is 0 Å². The predicted molar refractivity (Wildman–Crippen MR) is 91.9 cm³/mol. The van der Waals surface area contributed by atoms with Gasteiger partial charge in [-0.05, 0) is 26.2 Å². The molecule has 0 aliphatic heterocycles. The number of aromatic nitrogens is 2. The third kappa shape index (κ3) is 5.00. The van der Waals surface area contributed by atoms with Gasteiger partial charge in [0, 0.05) is 30.9 Å². The van der Waals surface area contributed by atoms with Crippen LogP contribution in [0.3, 0.4) is 0 Å². The Morgan fingerprint density at radius 3 is 2.43 bits per heavy atom. The summed E-state index contributed by atoms with van der Waals surface area (Å²) in [5, 5.41) is 6.50. The van der Waals surface area contributed by atoms with Crippen molar-refractivity contribution in [3.8, 4) is 11.5 Å². The highest BCUT2D eigenvalue weighted by Crippen LogP contribution is 2.30. The Morgan fingerprint density at radius 2 is 1.74 bits per heavy atom. The van der Waals surface area contributed by atoms with Gasteiger partial charge < -0.3 is 25.0 Å². The fraction of sp³-hybridized carbons (Fsp3) is 0.375. The summed E-state index contributed by atoms with van der Waals surface area (Å²) in [5.74, 6) is 2.84. The first-order valence-corrected chi connectivity index (χ1v) is 7.32. The molecule has 124 valence electrons. The van der Waals surface area contributed by atoms with E-state index in [2.05, 4.69) is 25.5 Å². The Balaban J connectivity index is 2.05. The summed E-state index contributed by atoms with van der Waals surface area (Å²) >= 11 is 0. The highest BCUT2D eigenvalue weighted by molar-refractivity contribution is 5.62. The Kier molecular flexibility index (Phi) is 5.99. The van der Waals surface area contributed by atoms with E-state index in [9.17, 15) is 0 Å². The molecule has 0 radical (unpaired) electrons. The SMILES string of the molecule is COc1ccc(Nc2cc(NCCN(C)C)ncn2)cc1OC. The van der Waals surface area contributed by atoms with Crippen molar-refractivity contribution in [2.45, 2.75) is 0 Å². The van der Waals surface area contributed by atoms with E-state index in [1.54, 1.807) is 14.2 Å². The molecule has 0 amide bonds. The van der Waals surface area contributed by atoms with Gasteiger partial charge in [-0.1, -0.05) is 0 Å². The van der Waals surface area contributed by atoms with Gasteiger partial charge in [0.1, 0.15) is 18.0 Å². The molecule has 0 spiro atoms. The molecule has 0 fully saturated rings. The fourth-order valence-electron chi connectivity index (χ4n) is 1.99. The number of hydrogen-bond acceptors (Lipinski definition) is 7. The van der Waals surface area contributed by atoms with Crippen LogP contribution in [-0.2, 0) is 0 Å². The van der Waals surface area contributed by atoms with E-state index in [1.807, 2.05) is 38.4 Å². The van der Waals surface area contributed by atoms with Crippen LogP contribution < -0.4 is 20.1 Å². The molecule has 1 aromatic carbocycles. The first-order chi connectivity index (χ1) is 11.1. The second kappa shape index (κ2) is 8.19. The summed E-state index contributed by atoms with van der Waals surface area (Å²) in [6.07, 6.45) is 1.53. The van der Waals surface area contributed by atoms with Crippen LogP contribution in [0, 0.1) is 0 Å². The Bertz CT molecular complexity index is 634. The van der Waals surface area contributed by atoms with Crippen LogP contribution in [0.25, 0.3) is 0 Å². The van der Waals surface area contributed by atoms with Crippen LogP contribution in [0.1, 0.15) is 0 Å². The third-order valence-electron chi connectivity index (χ3n) is 3.19. The maximum absolute atomic E-state index is 5.30. The molecular weight excluding hydrogens is 294 g/mol. The van der Waals surface area contributed by atoms with E-state index in [1.165, 1.54) is 6.33 Å². The lowest BCUT2D eigenvalue weighted by molar-refractivity contribution is 0.355. The smallest absolute Gasteiger partial charge is 0.162 e. The number of hydrogen-bond donors (Lipinski definition) is 2.